The molecule has 0 aliphatic heterocycles. The molecule has 1 aromatic heterocycles. The van der Waals surface area contributed by atoms with Gasteiger partial charge in [0.2, 0.25) is 6.54 Å². The molecule has 0 spiro atoms. The van der Waals surface area contributed by atoms with Gasteiger partial charge in [0.05, 0.1) is 6.61 Å². The first-order valence-corrected chi connectivity index (χ1v) is 11.2. The molecule has 0 radical (unpaired) electrons. The molecule has 0 atom stereocenters. The Balaban J connectivity index is 0.00000480. The fourth-order valence-corrected chi connectivity index (χ4v) is 3.23. The van der Waals surface area contributed by atoms with Gasteiger partial charge in [-0.1, -0.05) is 63.5 Å². The predicted octanol–water partition coefficient (Wildman–Crippen LogP) is 2.57. The lowest BCUT2D eigenvalue weighted by Crippen LogP contribution is -3.00. The van der Waals surface area contributed by atoms with Crippen LogP contribution in [-0.4, -0.2) is 18.5 Å². The number of anilines is 1. The van der Waals surface area contributed by atoms with Gasteiger partial charge in [-0.15, -0.1) is 0 Å². The molecule has 170 valence electrons. The monoisotopic (exact) mass is 466 g/mol. The van der Waals surface area contributed by atoms with Crippen LogP contribution in [0.25, 0.3) is 0 Å². The molecular formula is C24H32Cl2N2O3. The van der Waals surface area contributed by atoms with E-state index in [1.165, 1.54) is 38.5 Å². The zero-order chi connectivity index (χ0) is 21.6. The molecule has 0 aliphatic carbocycles. The third-order valence-electron chi connectivity index (χ3n) is 4.80. The Morgan fingerprint density at radius 2 is 1.61 bits per heavy atom. The van der Waals surface area contributed by atoms with Gasteiger partial charge in [-0.2, -0.15) is 4.57 Å². The summed E-state index contributed by atoms with van der Waals surface area (Å²) < 4.78 is 6.99. The maximum atomic E-state index is 12.4. The number of hydrogen-bond acceptors (Lipinski definition) is 3. The van der Waals surface area contributed by atoms with Crippen LogP contribution >= 0.6 is 11.6 Å². The fourth-order valence-electron chi connectivity index (χ4n) is 3.11. The highest BCUT2D eigenvalue weighted by molar-refractivity contribution is 6.30. The van der Waals surface area contributed by atoms with Crippen LogP contribution in [-0.2, 0) is 16.1 Å². The predicted molar refractivity (Wildman–Crippen MR) is 120 cm³/mol. The fraction of sp³-hybridized carbons (Fsp3) is 0.458. The van der Waals surface area contributed by atoms with Crippen molar-refractivity contribution < 1.29 is 31.3 Å². The molecule has 0 fully saturated rings. The molecule has 0 saturated carbocycles. The molecule has 2 aromatic rings. The van der Waals surface area contributed by atoms with Gasteiger partial charge in [-0.25, -0.2) is 4.79 Å². The molecule has 1 heterocycles. The summed E-state index contributed by atoms with van der Waals surface area (Å²) in [6.45, 7) is 2.75. The van der Waals surface area contributed by atoms with Gasteiger partial charge in [0.1, 0.15) is 5.56 Å². The van der Waals surface area contributed by atoms with Crippen molar-refractivity contribution in [3.05, 3.63) is 59.4 Å². The zero-order valence-corrected chi connectivity index (χ0v) is 19.6. The maximum absolute atomic E-state index is 12.4. The SMILES string of the molecule is CCCCCCCCCCOC(=O)C[n+]1cccc(C(=O)Nc2ccc(Cl)cc2)c1.[Cl-]. The van der Waals surface area contributed by atoms with Crippen molar-refractivity contribution in [1.29, 1.82) is 0 Å². The second kappa shape index (κ2) is 15.7. The number of hydrogen-bond donors (Lipinski definition) is 1. The molecule has 2 rings (SSSR count). The van der Waals surface area contributed by atoms with Crippen molar-refractivity contribution in [2.45, 2.75) is 64.8 Å². The van der Waals surface area contributed by atoms with Crippen molar-refractivity contribution in [1.82, 2.24) is 0 Å². The summed E-state index contributed by atoms with van der Waals surface area (Å²) in [5, 5.41) is 3.42. The third kappa shape index (κ3) is 11.2. The zero-order valence-electron chi connectivity index (χ0n) is 18.1. The van der Waals surface area contributed by atoms with Crippen LogP contribution in [0.5, 0.6) is 0 Å². The van der Waals surface area contributed by atoms with E-state index in [1.807, 2.05) is 0 Å². The third-order valence-corrected chi connectivity index (χ3v) is 5.05. The summed E-state index contributed by atoms with van der Waals surface area (Å²) in [6.07, 6.45) is 13.0. The van der Waals surface area contributed by atoms with Gasteiger partial charge >= 0.3 is 5.97 Å². The minimum absolute atomic E-state index is 0. The number of benzene rings is 1. The summed E-state index contributed by atoms with van der Waals surface area (Å²) in [5.74, 6) is -0.544. The van der Waals surface area contributed by atoms with Crippen LogP contribution in [0.3, 0.4) is 0 Å². The van der Waals surface area contributed by atoms with Gasteiger partial charge < -0.3 is 22.5 Å². The Morgan fingerprint density at radius 1 is 0.968 bits per heavy atom. The van der Waals surface area contributed by atoms with Crippen molar-refractivity contribution >= 4 is 29.2 Å². The first-order valence-electron chi connectivity index (χ1n) is 10.8. The number of pyridine rings is 1. The highest BCUT2D eigenvalue weighted by Gasteiger charge is 2.15. The van der Waals surface area contributed by atoms with E-state index in [9.17, 15) is 9.59 Å². The Morgan fingerprint density at radius 3 is 2.29 bits per heavy atom. The molecule has 31 heavy (non-hydrogen) atoms. The number of aromatic nitrogens is 1. The van der Waals surface area contributed by atoms with E-state index in [1.54, 1.807) is 53.4 Å². The van der Waals surface area contributed by atoms with Crippen LogP contribution in [0.4, 0.5) is 5.69 Å². The van der Waals surface area contributed by atoms with E-state index < -0.39 is 0 Å². The van der Waals surface area contributed by atoms with E-state index in [4.69, 9.17) is 16.3 Å². The van der Waals surface area contributed by atoms with E-state index in [0.717, 1.165) is 12.8 Å². The van der Waals surface area contributed by atoms with Crippen LogP contribution < -0.4 is 22.3 Å². The van der Waals surface area contributed by atoms with Gasteiger partial charge in [-0.3, -0.25) is 4.79 Å². The normalized spacial score (nSPS) is 10.3. The minimum Gasteiger partial charge on any atom is -1.00 e. The second-order valence-electron chi connectivity index (χ2n) is 7.42. The van der Waals surface area contributed by atoms with Gasteiger partial charge in [0.15, 0.2) is 12.4 Å². The van der Waals surface area contributed by atoms with Gasteiger partial charge in [0.25, 0.3) is 5.91 Å². The molecule has 1 amide bonds. The Hall–Kier alpha value is -2.11. The van der Waals surface area contributed by atoms with E-state index >= 15 is 0 Å². The number of amides is 1. The number of rotatable bonds is 13. The van der Waals surface area contributed by atoms with Crippen LogP contribution in [0.2, 0.25) is 5.02 Å². The van der Waals surface area contributed by atoms with E-state index in [0.29, 0.717) is 22.9 Å². The molecule has 1 aromatic carbocycles. The number of ether oxygens (including phenoxy) is 1. The minimum atomic E-state index is -0.293. The lowest BCUT2D eigenvalue weighted by Gasteiger charge is -2.05. The van der Waals surface area contributed by atoms with Gasteiger partial charge in [-0.05, 0) is 36.8 Å². The number of nitrogens with one attached hydrogen (secondary N) is 1. The molecule has 7 heteroatoms. The molecule has 0 aliphatic rings. The first kappa shape index (κ1) is 26.9. The number of carbonyl (C=O) groups is 2. The van der Waals surface area contributed by atoms with Crippen molar-refractivity contribution in [3.8, 4) is 0 Å². The molecule has 1 N–H and O–H groups in total. The molecule has 0 unspecified atom stereocenters. The summed E-state index contributed by atoms with van der Waals surface area (Å²) in [7, 11) is 0. The van der Waals surface area contributed by atoms with E-state index in [-0.39, 0.29) is 30.8 Å². The number of esters is 1. The highest BCUT2D eigenvalue weighted by atomic mass is 35.5. The number of nitrogens with zero attached hydrogens (tertiary/aromatic N) is 1. The van der Waals surface area contributed by atoms with Crippen molar-refractivity contribution in [2.75, 3.05) is 11.9 Å². The van der Waals surface area contributed by atoms with Crippen LogP contribution in [0.1, 0.15) is 68.6 Å². The second-order valence-corrected chi connectivity index (χ2v) is 7.86. The molecule has 5 nitrogen and oxygen atoms in total. The standard InChI is InChI=1S/C24H31ClN2O3.ClH/c1-2-3-4-5-6-7-8-9-17-30-23(28)19-27-16-10-11-20(18-27)24(29)26-22-14-12-21(25)13-15-22;/h10-16,18H,2-9,17,19H2,1H3;1H. The molecule has 0 bridgehead atoms. The summed E-state index contributed by atoms with van der Waals surface area (Å²) in [5.41, 5.74) is 1.12. The number of halogens is 2. The Labute approximate surface area is 196 Å². The summed E-state index contributed by atoms with van der Waals surface area (Å²) in [4.78, 5) is 24.5. The van der Waals surface area contributed by atoms with Gasteiger partial charge in [0, 0.05) is 16.8 Å². The average Bonchev–Trinajstić information content (AvgIpc) is 2.74. The van der Waals surface area contributed by atoms with Crippen molar-refractivity contribution in [3.63, 3.8) is 0 Å². The average molecular weight is 467 g/mol. The maximum Gasteiger partial charge on any atom is 0.372 e. The number of carbonyl (C=O) groups excluding carboxylic acids is 2. The lowest BCUT2D eigenvalue weighted by molar-refractivity contribution is -0.686. The Kier molecular flexibility index (Phi) is 13.6. The topological polar surface area (TPSA) is 59.3 Å². The lowest BCUT2D eigenvalue weighted by atomic mass is 10.1. The summed E-state index contributed by atoms with van der Waals surface area (Å²) in [6, 6.07) is 10.3. The van der Waals surface area contributed by atoms with E-state index in [2.05, 4.69) is 12.2 Å². The molecular weight excluding hydrogens is 435 g/mol. The van der Waals surface area contributed by atoms with Crippen molar-refractivity contribution in [2.24, 2.45) is 0 Å². The molecule has 0 saturated heterocycles. The highest BCUT2D eigenvalue weighted by Crippen LogP contribution is 2.14. The first-order chi connectivity index (χ1) is 14.6. The smallest absolute Gasteiger partial charge is 0.372 e. The summed E-state index contributed by atoms with van der Waals surface area (Å²) >= 11 is 5.86. The largest absolute Gasteiger partial charge is 1.00 e. The van der Waals surface area contributed by atoms with Crippen LogP contribution in [0.15, 0.2) is 48.8 Å². The number of unbranched alkanes of at least 4 members (excludes halogenated alkanes) is 7. The van der Waals surface area contributed by atoms with Crippen LogP contribution in [0, 0.1) is 0 Å². The quantitative estimate of drug-likeness (QED) is 0.280. The Bertz CT molecular complexity index is 798.